The van der Waals surface area contributed by atoms with Crippen molar-refractivity contribution in [1.82, 2.24) is 0 Å². The zero-order chi connectivity index (χ0) is 69.7. The number of esters is 2. The molecule has 0 aliphatic rings. The summed E-state index contributed by atoms with van der Waals surface area (Å²) in [6, 6.07) is 0. The molecule has 0 rings (SSSR count). The van der Waals surface area contributed by atoms with E-state index in [0.29, 0.717) is 23.9 Å². The van der Waals surface area contributed by atoms with Crippen LogP contribution in [-0.2, 0) is 32.7 Å². The van der Waals surface area contributed by atoms with Gasteiger partial charge in [0.1, 0.15) is 19.8 Å². The highest BCUT2D eigenvalue weighted by molar-refractivity contribution is 7.47. The van der Waals surface area contributed by atoms with Gasteiger partial charge in [0, 0.05) is 12.8 Å². The highest BCUT2D eigenvalue weighted by Crippen LogP contribution is 2.43. The van der Waals surface area contributed by atoms with Crippen LogP contribution in [0.4, 0.5) is 0 Å². The van der Waals surface area contributed by atoms with Crippen molar-refractivity contribution in [3.8, 4) is 0 Å². The summed E-state index contributed by atoms with van der Waals surface area (Å²) in [6.45, 7) is 4.37. The third-order valence-corrected chi connectivity index (χ3v) is 19.4. The average molecular weight is 1370 g/mol. The largest absolute Gasteiger partial charge is 0.472 e. The lowest BCUT2D eigenvalue weighted by atomic mass is 10.0. The zero-order valence-corrected chi connectivity index (χ0v) is 65.0. The number of phosphoric ester groups is 1. The van der Waals surface area contributed by atoms with Gasteiger partial charge in [-0.05, 0) is 89.9 Å². The van der Waals surface area contributed by atoms with Gasteiger partial charge in [0.25, 0.3) is 0 Å². The van der Waals surface area contributed by atoms with E-state index in [-0.39, 0.29) is 25.6 Å². The lowest BCUT2D eigenvalue weighted by molar-refractivity contribution is -0.870. The van der Waals surface area contributed by atoms with Crippen molar-refractivity contribution >= 4 is 19.8 Å². The molecule has 0 fully saturated rings. The minimum Gasteiger partial charge on any atom is -0.462 e. The number of allylic oxidation sites excluding steroid dienone is 14. The van der Waals surface area contributed by atoms with Gasteiger partial charge < -0.3 is 18.9 Å². The molecule has 0 spiro atoms. The Morgan fingerprint density at radius 1 is 0.333 bits per heavy atom. The molecule has 0 radical (unpaired) electrons. The first-order valence-corrected chi connectivity index (χ1v) is 42.8. The number of likely N-dealkylation sites (N-methyl/N-ethyl adjacent to an activating group) is 1. The number of hydrogen-bond donors (Lipinski definition) is 1. The molecule has 0 bridgehead atoms. The van der Waals surface area contributed by atoms with Crippen LogP contribution in [0.5, 0.6) is 0 Å². The van der Waals surface area contributed by atoms with Gasteiger partial charge in [0.2, 0.25) is 0 Å². The molecular weight excluding hydrogens is 1210 g/mol. The summed E-state index contributed by atoms with van der Waals surface area (Å²) >= 11 is 0. The summed E-state index contributed by atoms with van der Waals surface area (Å²) in [5.41, 5.74) is 0. The summed E-state index contributed by atoms with van der Waals surface area (Å²) in [4.78, 5) is 36.0. The van der Waals surface area contributed by atoms with E-state index in [1.165, 1.54) is 295 Å². The fourth-order valence-corrected chi connectivity index (χ4v) is 12.9. The second kappa shape index (κ2) is 76.4. The first kappa shape index (κ1) is 93.2. The van der Waals surface area contributed by atoms with Gasteiger partial charge in [-0.15, -0.1) is 0 Å². The molecule has 2 atom stereocenters. The lowest BCUT2D eigenvalue weighted by Gasteiger charge is -2.24. The van der Waals surface area contributed by atoms with E-state index in [0.717, 1.165) is 70.6 Å². The number of rotatable bonds is 77. The number of unbranched alkanes of at least 4 members (excludes halogenated alkanes) is 49. The average Bonchev–Trinajstić information content (AvgIpc) is 2.74. The fourth-order valence-electron chi connectivity index (χ4n) is 12.1. The maximum atomic E-state index is 12.9. The van der Waals surface area contributed by atoms with Gasteiger partial charge in [-0.25, -0.2) is 4.57 Å². The SMILES string of the molecule is CC/C=C\C/C=C\C/C=C\C/C=C\CCCCCCCCCCCCCCCCCCCCCCCCC(=O)OC(COC(=O)CCCCCCCCCCCCCCCCCCCCCCCC/C=C\C/C=C\C/C=C\CCCCCCC)COP(=O)(O)OCC[N+](C)(C)C. The Balaban J connectivity index is 3.90. The lowest BCUT2D eigenvalue weighted by Crippen LogP contribution is -2.37. The van der Waals surface area contributed by atoms with Gasteiger partial charge in [-0.3, -0.25) is 18.6 Å². The van der Waals surface area contributed by atoms with Crippen LogP contribution in [0.25, 0.3) is 0 Å². The van der Waals surface area contributed by atoms with Crippen LogP contribution in [0.15, 0.2) is 85.1 Å². The van der Waals surface area contributed by atoms with Crippen molar-refractivity contribution in [1.29, 1.82) is 0 Å². The quantitative estimate of drug-likeness (QED) is 0.0211. The van der Waals surface area contributed by atoms with Crippen molar-refractivity contribution in [3.63, 3.8) is 0 Å². The van der Waals surface area contributed by atoms with Gasteiger partial charge in [-0.2, -0.15) is 0 Å². The first-order chi connectivity index (χ1) is 47.0. The van der Waals surface area contributed by atoms with Gasteiger partial charge >= 0.3 is 19.8 Å². The Bertz CT molecular complexity index is 1900. The van der Waals surface area contributed by atoms with Crippen LogP contribution in [0.2, 0.25) is 0 Å². The van der Waals surface area contributed by atoms with Crippen LogP contribution in [0.3, 0.4) is 0 Å². The molecule has 560 valence electrons. The molecule has 96 heavy (non-hydrogen) atoms. The smallest absolute Gasteiger partial charge is 0.462 e. The van der Waals surface area contributed by atoms with Gasteiger partial charge in [0.05, 0.1) is 27.7 Å². The number of nitrogens with zero attached hydrogens (tertiary/aromatic N) is 1. The van der Waals surface area contributed by atoms with E-state index in [1.807, 2.05) is 21.1 Å². The summed E-state index contributed by atoms with van der Waals surface area (Å²) in [7, 11) is 1.50. The summed E-state index contributed by atoms with van der Waals surface area (Å²) in [6.07, 6.45) is 106. The monoisotopic (exact) mass is 1370 g/mol. The second-order valence-electron chi connectivity index (χ2n) is 29.1. The normalized spacial score (nSPS) is 13.4. The third-order valence-electron chi connectivity index (χ3n) is 18.4. The Morgan fingerprint density at radius 3 is 0.885 bits per heavy atom. The molecular formula is C86H159NO8P+. The van der Waals surface area contributed by atoms with Crippen LogP contribution in [0.1, 0.15) is 399 Å². The molecule has 0 saturated carbocycles. The molecule has 0 amide bonds. The van der Waals surface area contributed by atoms with E-state index in [2.05, 4.69) is 98.9 Å². The molecule has 9 nitrogen and oxygen atoms in total. The Morgan fingerprint density at radius 2 is 0.594 bits per heavy atom. The second-order valence-corrected chi connectivity index (χ2v) is 30.6. The molecule has 0 aromatic carbocycles. The van der Waals surface area contributed by atoms with E-state index in [4.69, 9.17) is 18.5 Å². The molecule has 0 saturated heterocycles. The van der Waals surface area contributed by atoms with Crippen LogP contribution >= 0.6 is 7.82 Å². The van der Waals surface area contributed by atoms with Crippen LogP contribution in [-0.4, -0.2) is 74.9 Å². The number of carbonyl (C=O) groups is 2. The van der Waals surface area contributed by atoms with E-state index >= 15 is 0 Å². The van der Waals surface area contributed by atoms with Crippen molar-refractivity contribution in [2.75, 3.05) is 47.5 Å². The van der Waals surface area contributed by atoms with Gasteiger partial charge in [-0.1, -0.05) is 381 Å². The predicted molar refractivity (Wildman–Crippen MR) is 418 cm³/mol. The summed E-state index contributed by atoms with van der Waals surface area (Å²) < 4.78 is 34.9. The summed E-state index contributed by atoms with van der Waals surface area (Å²) in [5, 5.41) is 0. The van der Waals surface area contributed by atoms with Crippen LogP contribution < -0.4 is 0 Å². The Kier molecular flexibility index (Phi) is 74.1. The number of hydrogen-bond acceptors (Lipinski definition) is 7. The highest BCUT2D eigenvalue weighted by atomic mass is 31.2. The molecule has 0 aromatic heterocycles. The molecule has 2 unspecified atom stereocenters. The Labute approximate surface area is 596 Å². The minimum absolute atomic E-state index is 0.0329. The molecule has 0 heterocycles. The Hall–Kier alpha value is -2.81. The van der Waals surface area contributed by atoms with E-state index < -0.39 is 26.5 Å². The molecule has 0 aliphatic carbocycles. The maximum Gasteiger partial charge on any atom is 0.472 e. The standard InChI is InChI=1S/C86H158NO8P/c1-6-8-10-12-14-16-18-20-22-24-26-28-30-32-34-36-38-40-42-43-45-46-48-50-52-54-56-58-60-62-64-66-68-70-72-74-76-78-85(88)92-82-84(83-94-96(90,91)93-81-80-87(3,4)5)95-86(89)79-77-75-73-71-69-67-65-63-61-59-57-55-53-51-49-47-44-41-39-37-35-33-31-29-27-25-23-21-19-17-15-13-11-9-7-2/h9,11,15,17-18,20-21,23-24,26-27,29-30,32,84H,6-8,10,12-14,16,19,22,25,28,31,33-83H2,1-5H3/p+1/b11-9-,17-15-,20-18-,23-21-,26-24-,29-27-,32-30-. The molecule has 1 N–H and O–H groups in total. The number of ether oxygens (including phenoxy) is 2. The maximum absolute atomic E-state index is 12.9. The molecule has 10 heteroatoms. The van der Waals surface area contributed by atoms with Crippen molar-refractivity contribution in [3.05, 3.63) is 85.1 Å². The van der Waals surface area contributed by atoms with Crippen molar-refractivity contribution in [2.24, 2.45) is 0 Å². The topological polar surface area (TPSA) is 108 Å². The molecule has 0 aromatic rings. The van der Waals surface area contributed by atoms with Crippen molar-refractivity contribution < 1.29 is 42.1 Å². The van der Waals surface area contributed by atoms with E-state index in [1.54, 1.807) is 0 Å². The van der Waals surface area contributed by atoms with Gasteiger partial charge in [0.15, 0.2) is 6.10 Å². The highest BCUT2D eigenvalue weighted by Gasteiger charge is 2.27. The summed E-state index contributed by atoms with van der Waals surface area (Å²) in [5.74, 6) is -0.776. The third kappa shape index (κ3) is 80.2. The number of phosphoric acid groups is 1. The van der Waals surface area contributed by atoms with Crippen molar-refractivity contribution in [2.45, 2.75) is 405 Å². The fraction of sp³-hybridized carbons (Fsp3) is 0.814. The molecule has 0 aliphatic heterocycles. The van der Waals surface area contributed by atoms with E-state index in [9.17, 15) is 19.0 Å². The zero-order valence-electron chi connectivity index (χ0n) is 64.1. The number of carbonyl (C=O) groups excluding carboxylic acids is 2. The first-order valence-electron chi connectivity index (χ1n) is 41.3. The minimum atomic E-state index is -4.40. The van der Waals surface area contributed by atoms with Crippen LogP contribution in [0, 0.1) is 0 Å². The predicted octanol–water partition coefficient (Wildman–Crippen LogP) is 27.6. The number of quaternary nitrogens is 1.